The Bertz CT molecular complexity index is 1160. The van der Waals surface area contributed by atoms with Gasteiger partial charge in [0.05, 0.1) is 5.57 Å². The van der Waals surface area contributed by atoms with Crippen LogP contribution in [0.5, 0.6) is 0 Å². The number of carbonyl (C=O) groups excluding carboxylic acids is 2. The lowest BCUT2D eigenvalue weighted by molar-refractivity contribution is -0.146. The minimum Gasteiger partial charge on any atom is -0.459 e. The molecule has 0 radical (unpaired) electrons. The molecule has 4 nitrogen and oxygen atoms in total. The molecule has 5 heteroatoms. The molecule has 34 heavy (non-hydrogen) atoms. The van der Waals surface area contributed by atoms with Gasteiger partial charge in [-0.2, -0.15) is 0 Å². The van der Waals surface area contributed by atoms with E-state index in [2.05, 4.69) is 40.0 Å². The number of halogens is 1. The van der Waals surface area contributed by atoms with Gasteiger partial charge in [-0.15, -0.1) is 0 Å². The molecule has 2 aromatic carbocycles. The number of dihydropyridines is 1. The molecule has 1 heterocycles. The first kappa shape index (κ1) is 23.3. The van der Waals surface area contributed by atoms with Crippen LogP contribution in [-0.2, 0) is 14.3 Å². The van der Waals surface area contributed by atoms with Crippen molar-refractivity contribution in [2.45, 2.75) is 69.8 Å². The van der Waals surface area contributed by atoms with E-state index >= 15 is 0 Å². The fourth-order valence-corrected chi connectivity index (χ4v) is 6.39. The Hall–Kier alpha value is -2.41. The summed E-state index contributed by atoms with van der Waals surface area (Å²) in [5.41, 5.74) is 5.24. The molecule has 1 fully saturated rings. The predicted molar refractivity (Wildman–Crippen MR) is 141 cm³/mol. The third-order valence-electron chi connectivity index (χ3n) is 7.36. The minimum absolute atomic E-state index is 0.0306. The van der Waals surface area contributed by atoms with Crippen molar-refractivity contribution in [2.75, 3.05) is 0 Å². The first-order valence-corrected chi connectivity index (χ1v) is 13.3. The number of esters is 1. The maximum absolute atomic E-state index is 13.7. The van der Waals surface area contributed by atoms with Gasteiger partial charge in [0.15, 0.2) is 5.78 Å². The van der Waals surface area contributed by atoms with Crippen molar-refractivity contribution < 1.29 is 14.3 Å². The lowest BCUT2D eigenvalue weighted by Crippen LogP contribution is -2.37. The van der Waals surface area contributed by atoms with E-state index in [4.69, 9.17) is 4.74 Å². The molecule has 5 rings (SSSR count). The van der Waals surface area contributed by atoms with Gasteiger partial charge in [-0.05, 0) is 84.7 Å². The number of hydrogen-bond acceptors (Lipinski definition) is 4. The maximum Gasteiger partial charge on any atom is 0.337 e. The van der Waals surface area contributed by atoms with E-state index in [1.165, 1.54) is 12.0 Å². The first-order chi connectivity index (χ1) is 16.5. The summed E-state index contributed by atoms with van der Waals surface area (Å²) in [7, 11) is 0. The average Bonchev–Trinajstić information content (AvgIpc) is 2.84. The van der Waals surface area contributed by atoms with E-state index in [1.54, 1.807) is 0 Å². The summed E-state index contributed by atoms with van der Waals surface area (Å²) >= 11 is 2.31. The normalized spacial score (nSPS) is 23.4. The Morgan fingerprint density at radius 1 is 0.971 bits per heavy atom. The van der Waals surface area contributed by atoms with E-state index in [9.17, 15) is 9.59 Å². The molecule has 176 valence electrons. The van der Waals surface area contributed by atoms with Crippen LogP contribution in [0.2, 0.25) is 0 Å². The van der Waals surface area contributed by atoms with Gasteiger partial charge in [-0.25, -0.2) is 4.79 Å². The Morgan fingerprint density at radius 2 is 1.68 bits per heavy atom. The zero-order valence-electron chi connectivity index (χ0n) is 19.5. The van der Waals surface area contributed by atoms with Crippen molar-refractivity contribution in [3.8, 4) is 0 Å². The molecule has 2 aromatic rings. The van der Waals surface area contributed by atoms with Crippen LogP contribution in [0.3, 0.4) is 0 Å². The van der Waals surface area contributed by atoms with E-state index in [0.29, 0.717) is 12.0 Å². The molecule has 0 unspecified atom stereocenters. The van der Waals surface area contributed by atoms with E-state index in [-0.39, 0.29) is 23.8 Å². The molecule has 0 spiro atoms. The summed E-state index contributed by atoms with van der Waals surface area (Å²) in [5.74, 6) is -0.433. The molecule has 0 bridgehead atoms. The summed E-state index contributed by atoms with van der Waals surface area (Å²) in [6, 6.07) is 18.3. The van der Waals surface area contributed by atoms with Crippen molar-refractivity contribution in [2.24, 2.45) is 0 Å². The molecule has 1 saturated carbocycles. The number of benzene rings is 2. The molecule has 0 aromatic heterocycles. The number of rotatable bonds is 4. The highest BCUT2D eigenvalue weighted by Gasteiger charge is 2.42. The van der Waals surface area contributed by atoms with Crippen LogP contribution in [0.15, 0.2) is 77.1 Å². The zero-order chi connectivity index (χ0) is 23.7. The third-order valence-corrected chi connectivity index (χ3v) is 8.34. The Balaban J connectivity index is 1.54. The van der Waals surface area contributed by atoms with Crippen LogP contribution < -0.4 is 5.32 Å². The van der Waals surface area contributed by atoms with E-state index < -0.39 is 5.92 Å². The highest BCUT2D eigenvalue weighted by molar-refractivity contribution is 14.1. The largest absolute Gasteiger partial charge is 0.459 e. The number of ether oxygens (including phenoxy) is 1. The first-order valence-electron chi connectivity index (χ1n) is 12.3. The number of carbonyl (C=O) groups is 2. The van der Waals surface area contributed by atoms with Crippen LogP contribution in [0.4, 0.5) is 0 Å². The fraction of sp³-hybridized carbons (Fsp3) is 0.379. The highest BCUT2D eigenvalue weighted by Crippen LogP contribution is 2.46. The van der Waals surface area contributed by atoms with E-state index in [1.807, 2.05) is 49.4 Å². The second kappa shape index (κ2) is 10.1. The monoisotopic (exact) mass is 567 g/mol. The topological polar surface area (TPSA) is 55.4 Å². The standard InChI is InChI=1S/C29H30INO3/c1-18-26(29(33)34-21-12-6-3-7-13-21)27(22-14-8-9-15-23(22)30)28-24(31-18)16-20(17-25(28)32)19-10-4-2-5-11-19/h2,4-5,8-11,14-15,20-21,27,31H,3,6-7,12-13,16-17H2,1H3/t20-,27+/m0/s1. The highest BCUT2D eigenvalue weighted by atomic mass is 127. The van der Waals surface area contributed by atoms with Gasteiger partial charge in [-0.3, -0.25) is 4.79 Å². The maximum atomic E-state index is 13.7. The van der Waals surface area contributed by atoms with Crippen LogP contribution in [0.25, 0.3) is 0 Å². The summed E-state index contributed by atoms with van der Waals surface area (Å²) in [6.45, 7) is 1.95. The number of allylic oxidation sites excluding steroid dienone is 3. The number of ketones is 1. The predicted octanol–water partition coefficient (Wildman–Crippen LogP) is 6.53. The molecule has 0 saturated heterocycles. The van der Waals surface area contributed by atoms with Crippen LogP contribution in [-0.4, -0.2) is 17.9 Å². The molecule has 0 amide bonds. The van der Waals surface area contributed by atoms with Gasteiger partial charge in [0, 0.05) is 32.9 Å². The van der Waals surface area contributed by atoms with E-state index in [0.717, 1.165) is 58.2 Å². The molecule has 3 aliphatic rings. The lowest BCUT2D eigenvalue weighted by Gasteiger charge is -2.37. The van der Waals surface area contributed by atoms with Gasteiger partial charge in [-0.1, -0.05) is 55.0 Å². The number of nitrogens with one attached hydrogen (secondary N) is 1. The molecular weight excluding hydrogens is 537 g/mol. The van der Waals surface area contributed by atoms with Gasteiger partial charge < -0.3 is 10.1 Å². The minimum atomic E-state index is -0.398. The number of Topliss-reactive ketones (excluding diaryl/α,β-unsaturated/α-hetero) is 1. The lowest BCUT2D eigenvalue weighted by atomic mass is 9.71. The van der Waals surface area contributed by atoms with Crippen molar-refractivity contribution in [3.63, 3.8) is 0 Å². The van der Waals surface area contributed by atoms with Crippen molar-refractivity contribution in [1.82, 2.24) is 5.32 Å². The Labute approximate surface area is 215 Å². The molecular formula is C29H30INO3. The third kappa shape index (κ3) is 4.59. The van der Waals surface area contributed by atoms with Gasteiger partial charge in [0.1, 0.15) is 6.10 Å². The van der Waals surface area contributed by atoms with Gasteiger partial charge in [0.2, 0.25) is 0 Å². The van der Waals surface area contributed by atoms with Crippen LogP contribution in [0, 0.1) is 3.57 Å². The second-order valence-corrected chi connectivity index (χ2v) is 10.8. The average molecular weight is 567 g/mol. The van der Waals surface area contributed by atoms with Crippen molar-refractivity contribution in [3.05, 3.63) is 91.8 Å². The second-order valence-electron chi connectivity index (χ2n) is 9.61. The molecule has 1 aliphatic heterocycles. The Kier molecular flexibility index (Phi) is 6.91. The summed E-state index contributed by atoms with van der Waals surface area (Å²) < 4.78 is 7.07. The van der Waals surface area contributed by atoms with Gasteiger partial charge >= 0.3 is 5.97 Å². The SMILES string of the molecule is CC1=C(C(=O)OC2CCCCC2)[C@@H](c2ccccc2I)C2=C(C[C@H](c3ccccc3)CC2=O)N1. The molecule has 2 atom stereocenters. The zero-order valence-corrected chi connectivity index (χ0v) is 21.6. The summed E-state index contributed by atoms with van der Waals surface area (Å²) in [6.07, 6.45) is 6.43. The summed E-state index contributed by atoms with van der Waals surface area (Å²) in [5, 5.41) is 3.47. The Morgan fingerprint density at radius 3 is 2.41 bits per heavy atom. The van der Waals surface area contributed by atoms with Crippen molar-refractivity contribution >= 4 is 34.3 Å². The van der Waals surface area contributed by atoms with Crippen LogP contribution >= 0.6 is 22.6 Å². The smallest absolute Gasteiger partial charge is 0.337 e. The quantitative estimate of drug-likeness (QED) is 0.337. The fourth-order valence-electron chi connectivity index (χ4n) is 5.69. The molecule has 1 N–H and O–H groups in total. The molecule has 2 aliphatic carbocycles. The van der Waals surface area contributed by atoms with Gasteiger partial charge in [0.25, 0.3) is 0 Å². The van der Waals surface area contributed by atoms with Crippen molar-refractivity contribution in [1.29, 1.82) is 0 Å². The summed E-state index contributed by atoms with van der Waals surface area (Å²) in [4.78, 5) is 27.3. The number of hydrogen-bond donors (Lipinski definition) is 1. The van der Waals surface area contributed by atoms with Crippen LogP contribution in [0.1, 0.15) is 74.8 Å².